The van der Waals surface area contributed by atoms with Crippen molar-refractivity contribution in [2.24, 2.45) is 0 Å². The summed E-state index contributed by atoms with van der Waals surface area (Å²) >= 11 is 1.17. The number of amides is 2. The van der Waals surface area contributed by atoms with E-state index >= 15 is 0 Å². The van der Waals surface area contributed by atoms with Crippen LogP contribution in [-0.4, -0.2) is 41.3 Å². The van der Waals surface area contributed by atoms with Gasteiger partial charge in [0.25, 0.3) is 5.91 Å². The van der Waals surface area contributed by atoms with Crippen LogP contribution < -0.4 is 10.8 Å². The lowest BCUT2D eigenvalue weighted by molar-refractivity contribution is -0.144. The Balaban J connectivity index is 1.29. The Bertz CT molecular complexity index is 1120. The Morgan fingerprint density at radius 3 is 2.34 bits per heavy atom. The molecule has 0 bridgehead atoms. The fourth-order valence-electron chi connectivity index (χ4n) is 3.51. The third-order valence-electron chi connectivity index (χ3n) is 4.87. The number of hydroxylamine groups is 1. The number of carboxylic acids is 1. The maximum absolute atomic E-state index is 12.2. The van der Waals surface area contributed by atoms with Gasteiger partial charge in [0, 0.05) is 11.3 Å². The first-order chi connectivity index (χ1) is 15.5. The molecule has 2 amide bonds. The van der Waals surface area contributed by atoms with E-state index in [1.165, 1.54) is 16.7 Å². The SMILES string of the molecule is O=C(O)CONC(=O)c1csc(CNC(=O)OCC2c3ccccc3-c3ccccc32)n1. The maximum Gasteiger partial charge on any atom is 0.407 e. The van der Waals surface area contributed by atoms with Gasteiger partial charge in [-0.15, -0.1) is 11.3 Å². The number of hydrogen-bond acceptors (Lipinski definition) is 7. The molecule has 0 radical (unpaired) electrons. The molecule has 3 aromatic rings. The molecule has 0 saturated heterocycles. The van der Waals surface area contributed by atoms with E-state index < -0.39 is 24.6 Å². The fourth-order valence-corrected chi connectivity index (χ4v) is 4.22. The highest BCUT2D eigenvalue weighted by Gasteiger charge is 2.29. The Morgan fingerprint density at radius 1 is 1.03 bits per heavy atom. The van der Waals surface area contributed by atoms with Gasteiger partial charge in [-0.1, -0.05) is 48.5 Å². The second-order valence-electron chi connectivity index (χ2n) is 6.92. The zero-order valence-corrected chi connectivity index (χ0v) is 17.6. The molecule has 0 saturated carbocycles. The van der Waals surface area contributed by atoms with Gasteiger partial charge >= 0.3 is 12.1 Å². The molecule has 0 aliphatic heterocycles. The number of aliphatic carboxylic acids is 1. The van der Waals surface area contributed by atoms with Gasteiger partial charge in [0.15, 0.2) is 6.61 Å². The average Bonchev–Trinajstić information content (AvgIpc) is 3.39. The van der Waals surface area contributed by atoms with Crippen LogP contribution in [0.5, 0.6) is 0 Å². The second-order valence-corrected chi connectivity index (χ2v) is 7.86. The summed E-state index contributed by atoms with van der Waals surface area (Å²) in [7, 11) is 0. The minimum Gasteiger partial charge on any atom is -0.479 e. The largest absolute Gasteiger partial charge is 0.479 e. The van der Waals surface area contributed by atoms with Crippen LogP contribution in [0.4, 0.5) is 4.79 Å². The number of aromatic nitrogens is 1. The Kier molecular flexibility index (Phi) is 6.43. The number of fused-ring (bicyclic) bond motifs is 3. The summed E-state index contributed by atoms with van der Waals surface area (Å²) in [4.78, 5) is 43.1. The van der Waals surface area contributed by atoms with Gasteiger partial charge in [0.1, 0.15) is 17.3 Å². The number of hydrogen-bond donors (Lipinski definition) is 3. The van der Waals surface area contributed by atoms with Crippen molar-refractivity contribution in [2.75, 3.05) is 13.2 Å². The van der Waals surface area contributed by atoms with Crippen LogP contribution in [0.1, 0.15) is 32.5 Å². The van der Waals surface area contributed by atoms with Gasteiger partial charge in [0.2, 0.25) is 0 Å². The molecule has 0 unspecified atom stereocenters. The highest BCUT2D eigenvalue weighted by molar-refractivity contribution is 7.09. The molecule has 1 aromatic heterocycles. The molecule has 4 rings (SSSR count). The third-order valence-corrected chi connectivity index (χ3v) is 5.72. The summed E-state index contributed by atoms with van der Waals surface area (Å²) < 4.78 is 5.46. The molecule has 0 atom stereocenters. The van der Waals surface area contributed by atoms with Crippen molar-refractivity contribution in [1.82, 2.24) is 15.8 Å². The number of nitrogens with zero attached hydrogens (tertiary/aromatic N) is 1. The standard InChI is InChI=1S/C22H19N3O6S/c26-20(27)11-31-25-21(28)18-12-32-19(24-18)9-23-22(29)30-10-17-15-7-3-1-5-13(15)14-6-2-4-8-16(14)17/h1-8,12,17H,9-11H2,(H,23,29)(H,25,28)(H,26,27). The molecule has 10 heteroatoms. The van der Waals surface area contributed by atoms with Crippen molar-refractivity contribution in [1.29, 1.82) is 0 Å². The maximum atomic E-state index is 12.2. The van der Waals surface area contributed by atoms with E-state index in [4.69, 9.17) is 9.84 Å². The first kappa shape index (κ1) is 21.5. The normalized spacial score (nSPS) is 12.0. The third kappa shape index (κ3) is 4.76. The summed E-state index contributed by atoms with van der Waals surface area (Å²) in [5, 5.41) is 13.1. The van der Waals surface area contributed by atoms with E-state index in [1.54, 1.807) is 0 Å². The monoisotopic (exact) mass is 453 g/mol. The van der Waals surface area contributed by atoms with E-state index in [-0.39, 0.29) is 24.8 Å². The molecular weight excluding hydrogens is 434 g/mol. The number of carbonyl (C=O) groups excluding carboxylic acids is 2. The van der Waals surface area contributed by atoms with Crippen LogP contribution in [0.15, 0.2) is 53.9 Å². The molecule has 1 aliphatic rings. The van der Waals surface area contributed by atoms with E-state index in [0.717, 1.165) is 22.3 Å². The Labute approximate surface area is 187 Å². The first-order valence-corrected chi connectivity index (χ1v) is 10.6. The number of nitrogens with one attached hydrogen (secondary N) is 2. The van der Waals surface area contributed by atoms with Gasteiger partial charge in [-0.2, -0.15) is 0 Å². The lowest BCUT2D eigenvalue weighted by Gasteiger charge is -2.14. The van der Waals surface area contributed by atoms with E-state index in [9.17, 15) is 14.4 Å². The first-order valence-electron chi connectivity index (χ1n) is 9.70. The average molecular weight is 453 g/mol. The van der Waals surface area contributed by atoms with Crippen molar-refractivity contribution in [2.45, 2.75) is 12.5 Å². The molecule has 3 N–H and O–H groups in total. The van der Waals surface area contributed by atoms with Crippen molar-refractivity contribution in [3.8, 4) is 11.1 Å². The topological polar surface area (TPSA) is 127 Å². The lowest BCUT2D eigenvalue weighted by Crippen LogP contribution is -2.27. The number of alkyl carbamates (subject to hydrolysis) is 1. The predicted octanol–water partition coefficient (Wildman–Crippen LogP) is 2.93. The minimum atomic E-state index is -1.21. The van der Waals surface area contributed by atoms with E-state index in [1.807, 2.05) is 41.9 Å². The van der Waals surface area contributed by atoms with Crippen molar-refractivity contribution >= 4 is 29.3 Å². The van der Waals surface area contributed by atoms with Crippen LogP contribution in [-0.2, 0) is 20.9 Å². The van der Waals surface area contributed by atoms with Gasteiger partial charge in [-0.3, -0.25) is 9.63 Å². The number of carboxylic acid groups (broad SMARTS) is 1. The fraction of sp³-hybridized carbons (Fsp3) is 0.182. The molecule has 164 valence electrons. The zero-order chi connectivity index (χ0) is 22.5. The van der Waals surface area contributed by atoms with Crippen LogP contribution in [0.3, 0.4) is 0 Å². The highest BCUT2D eigenvalue weighted by atomic mass is 32.1. The quantitative estimate of drug-likeness (QED) is 0.448. The van der Waals surface area contributed by atoms with Gasteiger partial charge in [-0.05, 0) is 22.3 Å². The number of benzene rings is 2. The van der Waals surface area contributed by atoms with Gasteiger partial charge < -0.3 is 15.2 Å². The van der Waals surface area contributed by atoms with Crippen LogP contribution >= 0.6 is 11.3 Å². The van der Waals surface area contributed by atoms with E-state index in [0.29, 0.717) is 5.01 Å². The van der Waals surface area contributed by atoms with Crippen LogP contribution in [0, 0.1) is 0 Å². The van der Waals surface area contributed by atoms with Crippen molar-refractivity contribution in [3.05, 3.63) is 75.7 Å². The van der Waals surface area contributed by atoms with Gasteiger partial charge in [-0.25, -0.2) is 20.1 Å². The zero-order valence-electron chi connectivity index (χ0n) is 16.7. The molecular formula is C22H19N3O6S. The number of rotatable bonds is 8. The van der Waals surface area contributed by atoms with E-state index in [2.05, 4.69) is 27.3 Å². The molecule has 32 heavy (non-hydrogen) atoms. The summed E-state index contributed by atoms with van der Waals surface area (Å²) in [6, 6.07) is 16.2. The Hall–Kier alpha value is -3.76. The smallest absolute Gasteiger partial charge is 0.407 e. The van der Waals surface area contributed by atoms with Crippen molar-refractivity contribution in [3.63, 3.8) is 0 Å². The highest BCUT2D eigenvalue weighted by Crippen LogP contribution is 2.44. The molecule has 1 aliphatic carbocycles. The summed E-state index contributed by atoms with van der Waals surface area (Å²) in [5.41, 5.74) is 6.60. The van der Waals surface area contributed by atoms with Crippen molar-refractivity contribution < 1.29 is 29.1 Å². The predicted molar refractivity (Wildman–Crippen MR) is 115 cm³/mol. The lowest BCUT2D eigenvalue weighted by atomic mass is 9.98. The van der Waals surface area contributed by atoms with Crippen LogP contribution in [0.25, 0.3) is 11.1 Å². The molecule has 1 heterocycles. The Morgan fingerprint density at radius 2 is 1.69 bits per heavy atom. The number of ether oxygens (including phenoxy) is 1. The molecule has 9 nitrogen and oxygen atoms in total. The molecule has 0 fully saturated rings. The summed E-state index contributed by atoms with van der Waals surface area (Å²) in [6.07, 6.45) is -0.585. The summed E-state index contributed by atoms with van der Waals surface area (Å²) in [6.45, 7) is -0.372. The second kappa shape index (κ2) is 9.58. The number of thiazole rings is 1. The number of carbonyl (C=O) groups is 3. The summed E-state index contributed by atoms with van der Waals surface area (Å²) in [5.74, 6) is -1.92. The van der Waals surface area contributed by atoms with Crippen LogP contribution in [0.2, 0.25) is 0 Å². The molecule has 2 aromatic carbocycles. The minimum absolute atomic E-state index is 0.0332. The van der Waals surface area contributed by atoms with Gasteiger partial charge in [0.05, 0.1) is 6.54 Å². The molecule has 0 spiro atoms.